The Morgan fingerprint density at radius 1 is 1.35 bits per heavy atom. The van der Waals surface area contributed by atoms with Crippen molar-refractivity contribution in [2.45, 2.75) is 45.2 Å². The Bertz CT molecular complexity index is 556. The Labute approximate surface area is 121 Å². The Hall–Kier alpha value is -0.950. The van der Waals surface area contributed by atoms with Crippen LogP contribution in [-0.2, 0) is 21.3 Å². The summed E-state index contributed by atoms with van der Waals surface area (Å²) in [4.78, 5) is 0.293. The number of hydrogen-bond acceptors (Lipinski definition) is 4. The molecule has 6 heteroatoms. The molecule has 0 fully saturated rings. The molecular weight excluding hydrogens is 276 g/mol. The third kappa shape index (κ3) is 4.28. The average Bonchev–Trinajstić information content (AvgIpc) is 2.38. The average molecular weight is 300 g/mol. The first-order valence-electron chi connectivity index (χ1n) is 6.72. The highest BCUT2D eigenvalue weighted by molar-refractivity contribution is 7.89. The zero-order valence-corrected chi connectivity index (χ0v) is 13.4. The van der Waals surface area contributed by atoms with Gasteiger partial charge in [-0.1, -0.05) is 6.07 Å². The largest absolute Gasteiger partial charge is 0.380 e. The lowest BCUT2D eigenvalue weighted by molar-refractivity contribution is 0.133. The first-order valence-corrected chi connectivity index (χ1v) is 8.20. The molecule has 0 amide bonds. The van der Waals surface area contributed by atoms with Crippen LogP contribution in [-0.4, -0.2) is 27.7 Å². The summed E-state index contributed by atoms with van der Waals surface area (Å²) in [7, 11) is -3.56. The number of nitrogens with two attached hydrogens (primary N) is 1. The fourth-order valence-corrected chi connectivity index (χ4v) is 3.55. The molecule has 1 atom stereocenters. The number of sulfonamides is 1. The highest BCUT2D eigenvalue weighted by atomic mass is 32.2. The number of nitrogens with one attached hydrogen (secondary N) is 1. The lowest BCUT2D eigenvalue weighted by Crippen LogP contribution is -2.36. The van der Waals surface area contributed by atoms with Crippen molar-refractivity contribution in [1.82, 2.24) is 4.72 Å². The van der Waals surface area contributed by atoms with Gasteiger partial charge in [0, 0.05) is 19.2 Å². The maximum Gasteiger partial charge on any atom is 0.241 e. The van der Waals surface area contributed by atoms with Crippen LogP contribution in [0.15, 0.2) is 17.0 Å². The van der Waals surface area contributed by atoms with Gasteiger partial charge in [0.15, 0.2) is 0 Å². The molecule has 20 heavy (non-hydrogen) atoms. The summed E-state index contributed by atoms with van der Waals surface area (Å²) in [6, 6.07) is 3.27. The second-order valence-corrected chi connectivity index (χ2v) is 6.60. The van der Waals surface area contributed by atoms with Gasteiger partial charge in [0.05, 0.1) is 11.5 Å². The van der Waals surface area contributed by atoms with E-state index in [4.69, 9.17) is 10.5 Å². The minimum absolute atomic E-state index is 0.277. The maximum absolute atomic E-state index is 12.4. The molecule has 0 spiro atoms. The topological polar surface area (TPSA) is 81.4 Å². The molecule has 0 aliphatic carbocycles. The summed E-state index contributed by atoms with van der Waals surface area (Å²) in [6.07, 6.45) is 0. The molecule has 1 aromatic carbocycles. The summed E-state index contributed by atoms with van der Waals surface area (Å²) in [6.45, 7) is 8.57. The van der Waals surface area contributed by atoms with Crippen molar-refractivity contribution in [3.63, 3.8) is 0 Å². The van der Waals surface area contributed by atoms with Gasteiger partial charge < -0.3 is 10.5 Å². The van der Waals surface area contributed by atoms with Crippen LogP contribution in [0.5, 0.6) is 0 Å². The minimum atomic E-state index is -3.56. The lowest BCUT2D eigenvalue weighted by Gasteiger charge is -2.17. The lowest BCUT2D eigenvalue weighted by atomic mass is 10.1. The Morgan fingerprint density at radius 3 is 2.55 bits per heavy atom. The summed E-state index contributed by atoms with van der Waals surface area (Å²) < 4.78 is 32.7. The van der Waals surface area contributed by atoms with E-state index >= 15 is 0 Å². The van der Waals surface area contributed by atoms with Gasteiger partial charge in [-0.2, -0.15) is 0 Å². The molecule has 0 bridgehead atoms. The molecular formula is C14H24N2O3S. The van der Waals surface area contributed by atoms with Crippen LogP contribution < -0.4 is 10.5 Å². The number of rotatable bonds is 7. The van der Waals surface area contributed by atoms with Crippen LogP contribution in [0.1, 0.15) is 30.5 Å². The zero-order valence-electron chi connectivity index (χ0n) is 12.6. The van der Waals surface area contributed by atoms with Gasteiger partial charge >= 0.3 is 0 Å². The van der Waals surface area contributed by atoms with Crippen molar-refractivity contribution in [2.75, 3.05) is 13.2 Å². The molecule has 0 aromatic heterocycles. The van der Waals surface area contributed by atoms with Crippen LogP contribution in [0.4, 0.5) is 0 Å². The summed E-state index contributed by atoms with van der Waals surface area (Å²) in [5, 5.41) is 0. The van der Waals surface area contributed by atoms with Crippen molar-refractivity contribution < 1.29 is 13.2 Å². The predicted octanol–water partition coefficient (Wildman–Crippen LogP) is 1.47. The number of hydrogen-bond donors (Lipinski definition) is 2. The molecule has 1 aromatic rings. The Kier molecular flexibility index (Phi) is 6.13. The van der Waals surface area contributed by atoms with Crippen molar-refractivity contribution in [1.29, 1.82) is 0 Å². The maximum atomic E-state index is 12.4. The molecule has 0 saturated heterocycles. The molecule has 3 N–H and O–H groups in total. The van der Waals surface area contributed by atoms with E-state index < -0.39 is 10.0 Å². The van der Waals surface area contributed by atoms with Gasteiger partial charge in [-0.3, -0.25) is 0 Å². The van der Waals surface area contributed by atoms with Crippen molar-refractivity contribution in [3.8, 4) is 0 Å². The highest BCUT2D eigenvalue weighted by Crippen LogP contribution is 2.21. The van der Waals surface area contributed by atoms with Crippen LogP contribution in [0, 0.1) is 13.8 Å². The van der Waals surface area contributed by atoms with E-state index in [1.807, 2.05) is 19.9 Å². The Balaban J connectivity index is 3.06. The number of aryl methyl sites for hydroxylation is 1. The molecule has 1 rings (SSSR count). The van der Waals surface area contributed by atoms with Gasteiger partial charge in [-0.15, -0.1) is 0 Å². The van der Waals surface area contributed by atoms with E-state index in [1.54, 1.807) is 19.9 Å². The van der Waals surface area contributed by atoms with Crippen molar-refractivity contribution in [3.05, 3.63) is 28.8 Å². The standard InChI is InChI=1S/C14H24N2O3S/c1-5-19-9-11(3)16-20(17,18)14-7-13(8-15)6-10(2)12(14)4/h6-7,11,16H,5,8-9,15H2,1-4H3. The van der Waals surface area contributed by atoms with E-state index in [-0.39, 0.29) is 6.04 Å². The fraction of sp³-hybridized carbons (Fsp3) is 0.571. The third-order valence-electron chi connectivity index (χ3n) is 3.13. The normalized spacial score (nSPS) is 13.4. The molecule has 0 aliphatic heterocycles. The minimum Gasteiger partial charge on any atom is -0.380 e. The van der Waals surface area contributed by atoms with E-state index in [0.29, 0.717) is 24.7 Å². The van der Waals surface area contributed by atoms with Crippen molar-refractivity contribution >= 4 is 10.0 Å². The number of ether oxygens (including phenoxy) is 1. The first-order chi connectivity index (χ1) is 9.31. The van der Waals surface area contributed by atoms with E-state index in [1.165, 1.54) is 0 Å². The SMILES string of the molecule is CCOCC(C)NS(=O)(=O)c1cc(CN)cc(C)c1C. The quantitative estimate of drug-likeness (QED) is 0.799. The second kappa shape index (κ2) is 7.17. The van der Waals surface area contributed by atoms with Crippen molar-refractivity contribution in [2.24, 2.45) is 5.73 Å². The molecule has 0 radical (unpaired) electrons. The van der Waals surface area contributed by atoms with Crippen LogP contribution in [0.3, 0.4) is 0 Å². The molecule has 0 heterocycles. The number of benzene rings is 1. The van der Waals surface area contributed by atoms with Crippen LogP contribution >= 0.6 is 0 Å². The highest BCUT2D eigenvalue weighted by Gasteiger charge is 2.21. The molecule has 114 valence electrons. The van der Waals surface area contributed by atoms with Gasteiger partial charge in [0.25, 0.3) is 0 Å². The fourth-order valence-electron chi connectivity index (χ4n) is 1.95. The van der Waals surface area contributed by atoms with E-state index in [9.17, 15) is 8.42 Å². The monoisotopic (exact) mass is 300 g/mol. The van der Waals surface area contributed by atoms with E-state index in [0.717, 1.165) is 16.7 Å². The summed E-state index contributed by atoms with van der Waals surface area (Å²) >= 11 is 0. The predicted molar refractivity (Wildman–Crippen MR) is 80.1 cm³/mol. The molecule has 0 saturated carbocycles. The summed E-state index contributed by atoms with van der Waals surface area (Å²) in [5.41, 5.74) is 8.09. The van der Waals surface area contributed by atoms with Gasteiger partial charge in [0.2, 0.25) is 10.0 Å². The smallest absolute Gasteiger partial charge is 0.241 e. The first kappa shape index (κ1) is 17.1. The summed E-state index contributed by atoms with van der Waals surface area (Å²) in [5.74, 6) is 0. The zero-order chi connectivity index (χ0) is 15.3. The third-order valence-corrected chi connectivity index (χ3v) is 4.85. The molecule has 1 unspecified atom stereocenters. The van der Waals surface area contributed by atoms with Gasteiger partial charge in [-0.05, 0) is 50.5 Å². The molecule has 0 aliphatic rings. The van der Waals surface area contributed by atoms with Crippen LogP contribution in [0.25, 0.3) is 0 Å². The van der Waals surface area contributed by atoms with Gasteiger partial charge in [-0.25, -0.2) is 13.1 Å². The van der Waals surface area contributed by atoms with E-state index in [2.05, 4.69) is 4.72 Å². The Morgan fingerprint density at radius 2 is 2.00 bits per heavy atom. The van der Waals surface area contributed by atoms with Gasteiger partial charge in [0.1, 0.15) is 0 Å². The molecule has 5 nitrogen and oxygen atoms in total. The van der Waals surface area contributed by atoms with Crippen LogP contribution in [0.2, 0.25) is 0 Å². The second-order valence-electron chi connectivity index (χ2n) is 4.92.